The lowest BCUT2D eigenvalue weighted by Gasteiger charge is -2.35. The number of alkyl halides is 1. The van der Waals surface area contributed by atoms with Gasteiger partial charge in [0.05, 0.1) is 33.4 Å². The Kier molecular flexibility index (Phi) is 12.8. The Balaban J connectivity index is 0.960. The highest BCUT2D eigenvalue weighted by Gasteiger charge is 2.44. The van der Waals surface area contributed by atoms with Gasteiger partial charge in [0.25, 0.3) is 0 Å². The van der Waals surface area contributed by atoms with Gasteiger partial charge < -0.3 is 20.3 Å². The molecule has 0 unspecified atom stereocenters. The van der Waals surface area contributed by atoms with Crippen LogP contribution in [0.3, 0.4) is 0 Å². The van der Waals surface area contributed by atoms with E-state index in [1.807, 2.05) is 76.1 Å². The molecule has 5 heterocycles. The lowest BCUT2D eigenvalue weighted by molar-refractivity contribution is -0.139. The number of nitrogens with zero attached hydrogens (tertiary/aromatic N) is 4. The number of likely N-dealkylation sites (tertiary alicyclic amines) is 1. The number of fused-ring (bicyclic) bond motifs is 1. The van der Waals surface area contributed by atoms with Crippen LogP contribution in [0.25, 0.3) is 32.6 Å². The number of halogens is 3. The molecule has 13 nitrogen and oxygen atoms in total. The van der Waals surface area contributed by atoms with E-state index in [0.717, 1.165) is 38.1 Å². The molecule has 1 radical (unpaired) electrons. The number of nitrogens with one attached hydrogen (secondary N) is 3. The van der Waals surface area contributed by atoms with E-state index in [9.17, 15) is 32.3 Å². The Hall–Kier alpha value is -5.89. The Morgan fingerprint density at radius 2 is 1.72 bits per heavy atom. The van der Waals surface area contributed by atoms with Crippen LogP contribution < -0.4 is 15.5 Å². The number of hydrogen-bond acceptors (Lipinski definition) is 9. The summed E-state index contributed by atoms with van der Waals surface area (Å²) in [5, 5.41) is 13.9. The van der Waals surface area contributed by atoms with Crippen molar-refractivity contribution in [1.82, 2.24) is 29.5 Å². The second-order valence-electron chi connectivity index (χ2n) is 17.5. The zero-order chi connectivity index (χ0) is 46.4. The minimum Gasteiger partial charge on any atom is -0.391 e. The van der Waals surface area contributed by atoms with E-state index in [2.05, 4.69) is 20.3 Å². The number of carbonyl (C=O) groups is 3. The number of β-amino-alcohol motifs (C(OH)–C–C–N with tert-alkyl or cyclic N) is 1. The molecule has 2 fully saturated rings. The van der Waals surface area contributed by atoms with Crippen molar-refractivity contribution in [3.63, 3.8) is 0 Å². The fourth-order valence-corrected chi connectivity index (χ4v) is 10.3. The molecular weight excluding hydrogens is 878 g/mol. The SMILES string of the molecule is Cc1ncsc1-c1ccc(CNC(=O)[C@@H]2C[C@@H](O)CN2C(=O)[C@@H]([B]c2ccc(-c3cnc4[nH]cc(C(=O)c5c(F)ccc(NS(=O)(=O)N6CC[C@@H](F)C6)c5F)c4c3)cc2)C(C)(C)C)cc1. The Bertz CT molecular complexity index is 2890. The smallest absolute Gasteiger partial charge is 0.301 e. The quantitative estimate of drug-likeness (QED) is 0.0769. The number of benzene rings is 3. The van der Waals surface area contributed by atoms with Crippen molar-refractivity contribution in [2.75, 3.05) is 24.4 Å². The van der Waals surface area contributed by atoms with Gasteiger partial charge >= 0.3 is 10.2 Å². The summed E-state index contributed by atoms with van der Waals surface area (Å²) >= 11 is 1.56. The van der Waals surface area contributed by atoms with Gasteiger partial charge in [0.2, 0.25) is 17.6 Å². The lowest BCUT2D eigenvalue weighted by atomic mass is 9.50. The summed E-state index contributed by atoms with van der Waals surface area (Å²) in [5.74, 6) is -5.02. The maximum absolute atomic E-state index is 15.8. The zero-order valence-corrected chi connectivity index (χ0v) is 37.6. The largest absolute Gasteiger partial charge is 0.391 e. The van der Waals surface area contributed by atoms with E-state index in [1.54, 1.807) is 41.2 Å². The van der Waals surface area contributed by atoms with Gasteiger partial charge in [0, 0.05) is 67.3 Å². The van der Waals surface area contributed by atoms with Crippen molar-refractivity contribution >= 4 is 68.6 Å². The number of amides is 2. The Morgan fingerprint density at radius 3 is 2.38 bits per heavy atom. The van der Waals surface area contributed by atoms with Crippen LogP contribution in [0.4, 0.5) is 18.9 Å². The summed E-state index contributed by atoms with van der Waals surface area (Å²) in [5.41, 5.74) is 4.55. The van der Waals surface area contributed by atoms with E-state index < -0.39 is 75.0 Å². The Morgan fingerprint density at radius 1 is 1.00 bits per heavy atom. The molecule has 3 aromatic carbocycles. The third kappa shape index (κ3) is 9.59. The molecule has 0 spiro atoms. The third-order valence-corrected chi connectivity index (χ3v) is 14.3. The lowest BCUT2D eigenvalue weighted by Crippen LogP contribution is -2.50. The molecule has 337 valence electrons. The minimum atomic E-state index is -4.39. The van der Waals surface area contributed by atoms with Gasteiger partial charge in [-0.3, -0.25) is 19.1 Å². The van der Waals surface area contributed by atoms with Crippen LogP contribution >= 0.6 is 11.3 Å². The molecule has 3 aromatic heterocycles. The first-order valence-electron chi connectivity index (χ1n) is 21.0. The summed E-state index contributed by atoms with van der Waals surface area (Å²) < 4.78 is 73.2. The van der Waals surface area contributed by atoms with Crippen LogP contribution in [0, 0.1) is 24.0 Å². The molecule has 19 heteroatoms. The van der Waals surface area contributed by atoms with Crippen molar-refractivity contribution in [1.29, 1.82) is 0 Å². The van der Waals surface area contributed by atoms with Crippen molar-refractivity contribution in [2.45, 2.75) is 71.2 Å². The predicted octanol–water partition coefficient (Wildman–Crippen LogP) is 6.31. The average molecular weight is 925 g/mol. The maximum Gasteiger partial charge on any atom is 0.301 e. The second kappa shape index (κ2) is 18.2. The molecule has 2 aliphatic heterocycles. The van der Waals surface area contributed by atoms with Crippen molar-refractivity contribution in [3.8, 4) is 21.6 Å². The molecule has 4 atom stereocenters. The average Bonchev–Trinajstić information content (AvgIpc) is 4.10. The van der Waals surface area contributed by atoms with Crippen molar-refractivity contribution in [2.24, 2.45) is 5.41 Å². The molecule has 2 aliphatic rings. The number of carbonyl (C=O) groups excluding carboxylic acids is 3. The van der Waals surface area contributed by atoms with Gasteiger partial charge in [-0.05, 0) is 53.6 Å². The number of rotatable bonds is 13. The van der Waals surface area contributed by atoms with Crippen LogP contribution in [-0.4, -0.2) is 101 Å². The first-order valence-corrected chi connectivity index (χ1v) is 23.3. The molecule has 6 aromatic rings. The number of thiazole rings is 1. The molecule has 4 N–H and O–H groups in total. The summed E-state index contributed by atoms with van der Waals surface area (Å²) in [4.78, 5) is 55.9. The number of aryl methyl sites for hydroxylation is 1. The van der Waals surface area contributed by atoms with Gasteiger partial charge in [-0.1, -0.05) is 74.8 Å². The number of aromatic nitrogens is 3. The van der Waals surface area contributed by atoms with E-state index >= 15 is 8.78 Å². The predicted molar refractivity (Wildman–Crippen MR) is 244 cm³/mol. The molecule has 0 aliphatic carbocycles. The summed E-state index contributed by atoms with van der Waals surface area (Å²) in [6.07, 6.45) is 0.685. The number of aliphatic hydroxyl groups excluding tert-OH is 1. The number of pyridine rings is 1. The standard InChI is InChI=1S/C46H46BF3N7O6S2/c1-25-41(64-24-54-25)28-7-5-26(6-8-28)19-53-44(60)37-18-32(58)23-57(37)45(61)42(46(2,3)4)47-30-11-9-27(10-12-30)29-17-33-34(21-52-43(33)51-20-29)40(59)38-35(49)13-14-36(39(38)50)55-65(62,63)56-16-15-31(48)22-56/h5-14,17,20-21,24,31-32,37,42,55,58H,15-16,18-19,22-23H2,1-4H3,(H,51,52)(H,53,60)/t31-,32-,37+,42-/m1/s1. The highest BCUT2D eigenvalue weighted by molar-refractivity contribution is 7.90. The van der Waals surface area contributed by atoms with Gasteiger partial charge in [-0.25, -0.2) is 23.1 Å². The van der Waals surface area contributed by atoms with Gasteiger partial charge in [-0.15, -0.1) is 11.3 Å². The van der Waals surface area contributed by atoms with Crippen molar-refractivity contribution < 1.29 is 41.1 Å². The number of H-pyrrole nitrogens is 1. The number of ketones is 1. The van der Waals surface area contributed by atoms with Gasteiger partial charge in [0.1, 0.15) is 23.7 Å². The molecule has 65 heavy (non-hydrogen) atoms. The van der Waals surface area contributed by atoms with E-state index in [0.29, 0.717) is 16.6 Å². The minimum absolute atomic E-state index is 0.0164. The van der Waals surface area contributed by atoms with E-state index in [-0.39, 0.29) is 60.9 Å². The highest BCUT2D eigenvalue weighted by atomic mass is 32.2. The molecular formula is C46H46BF3N7O6S2. The maximum atomic E-state index is 15.8. The molecule has 2 amide bonds. The summed E-state index contributed by atoms with van der Waals surface area (Å²) in [6.45, 7) is 7.48. The number of aliphatic hydroxyl groups is 1. The number of hydrogen-bond donors (Lipinski definition) is 4. The first kappa shape index (κ1) is 45.7. The van der Waals surface area contributed by atoms with Crippen LogP contribution in [0.2, 0.25) is 5.82 Å². The second-order valence-corrected chi connectivity index (χ2v) is 20.0. The first-order chi connectivity index (χ1) is 30.9. The molecule has 0 saturated carbocycles. The molecule has 0 bridgehead atoms. The normalized spacial score (nSPS) is 18.5. The van der Waals surface area contributed by atoms with Crippen LogP contribution in [-0.2, 0) is 26.3 Å². The van der Waals surface area contributed by atoms with Crippen LogP contribution in [0.1, 0.15) is 60.8 Å². The zero-order valence-electron chi connectivity index (χ0n) is 35.9. The van der Waals surface area contributed by atoms with Gasteiger partial charge in [0.15, 0.2) is 13.1 Å². The molecule has 2 saturated heterocycles. The fourth-order valence-electron chi connectivity index (χ4n) is 8.25. The van der Waals surface area contributed by atoms with Crippen molar-refractivity contribution in [3.05, 3.63) is 119 Å². The van der Waals surface area contributed by atoms with Crippen LogP contribution in [0.15, 0.2) is 84.6 Å². The van der Waals surface area contributed by atoms with E-state index in [1.165, 1.54) is 11.1 Å². The molecule has 8 rings (SSSR count). The van der Waals surface area contributed by atoms with Crippen LogP contribution in [0.5, 0.6) is 0 Å². The fraction of sp³-hybridized carbons (Fsp3) is 0.326. The van der Waals surface area contributed by atoms with Gasteiger partial charge in [-0.2, -0.15) is 12.7 Å². The summed E-state index contributed by atoms with van der Waals surface area (Å²) in [6, 6.07) is 17.5. The third-order valence-electron chi connectivity index (χ3n) is 11.9. The highest BCUT2D eigenvalue weighted by Crippen LogP contribution is 2.36. The number of anilines is 1. The number of aromatic amines is 1. The Labute approximate surface area is 378 Å². The van der Waals surface area contributed by atoms with E-state index in [4.69, 9.17) is 0 Å². The monoisotopic (exact) mass is 924 g/mol. The summed E-state index contributed by atoms with van der Waals surface area (Å²) in [7, 11) is -2.55. The topological polar surface area (TPSA) is 178 Å².